The Balaban J connectivity index is 1.76. The van der Waals surface area contributed by atoms with Crippen LogP contribution < -0.4 is 4.74 Å². The molecular weight excluding hydrogens is 276 g/mol. The van der Waals surface area contributed by atoms with Gasteiger partial charge >= 0.3 is 0 Å². The molecule has 3 aromatic rings. The lowest BCUT2D eigenvalue weighted by Gasteiger charge is -2.12. The number of hydrogen-bond acceptors (Lipinski definition) is 4. The van der Waals surface area contributed by atoms with E-state index in [2.05, 4.69) is 36.2 Å². The molecule has 2 aromatic carbocycles. The summed E-state index contributed by atoms with van der Waals surface area (Å²) in [7, 11) is 0. The maximum Gasteiger partial charge on any atom is 0.254 e. The fraction of sp³-hybridized carbons (Fsp3) is 0.222. The second kappa shape index (κ2) is 6.02. The van der Waals surface area contributed by atoms with Crippen molar-refractivity contribution < 1.29 is 9.15 Å². The molecule has 22 heavy (non-hydrogen) atoms. The Morgan fingerprint density at radius 1 is 0.909 bits per heavy atom. The van der Waals surface area contributed by atoms with Crippen molar-refractivity contribution >= 4 is 0 Å². The predicted octanol–water partition coefficient (Wildman–Crippen LogP) is 4.24. The molecule has 0 N–H and O–H groups in total. The van der Waals surface area contributed by atoms with Crippen LogP contribution in [0.3, 0.4) is 0 Å². The summed E-state index contributed by atoms with van der Waals surface area (Å²) in [6.45, 7) is 6.43. The van der Waals surface area contributed by atoms with E-state index in [4.69, 9.17) is 9.15 Å². The van der Waals surface area contributed by atoms with E-state index in [1.54, 1.807) is 0 Å². The molecule has 0 amide bonds. The highest BCUT2D eigenvalue weighted by molar-refractivity contribution is 5.51. The molecule has 0 atom stereocenters. The van der Waals surface area contributed by atoms with Crippen molar-refractivity contribution in [1.82, 2.24) is 10.2 Å². The van der Waals surface area contributed by atoms with Crippen LogP contribution in [0.5, 0.6) is 5.75 Å². The summed E-state index contributed by atoms with van der Waals surface area (Å²) in [5.74, 6) is 1.87. The standard InChI is InChI=1S/C18H18N2O2/c1-12-9-10-13(2)17(14(12)3)21-11-16-19-20-18(22-16)15-7-5-4-6-8-15/h4-10H,11H2,1-3H3. The molecular formula is C18H18N2O2. The third-order valence-corrected chi connectivity index (χ3v) is 3.70. The minimum Gasteiger partial charge on any atom is -0.483 e. The third-order valence-electron chi connectivity index (χ3n) is 3.70. The first-order chi connectivity index (χ1) is 10.6. The van der Waals surface area contributed by atoms with E-state index in [0.717, 1.165) is 22.4 Å². The summed E-state index contributed by atoms with van der Waals surface area (Å²) in [5.41, 5.74) is 4.36. The van der Waals surface area contributed by atoms with Crippen molar-refractivity contribution in [2.75, 3.05) is 0 Å². The van der Waals surface area contributed by atoms with E-state index in [1.807, 2.05) is 37.3 Å². The first-order valence-electron chi connectivity index (χ1n) is 7.22. The second-order valence-electron chi connectivity index (χ2n) is 5.31. The summed E-state index contributed by atoms with van der Waals surface area (Å²) in [6.07, 6.45) is 0. The maximum atomic E-state index is 5.89. The number of aromatic nitrogens is 2. The van der Waals surface area contributed by atoms with E-state index in [1.165, 1.54) is 5.56 Å². The fourth-order valence-corrected chi connectivity index (χ4v) is 2.29. The molecule has 0 saturated carbocycles. The van der Waals surface area contributed by atoms with Gasteiger partial charge in [0.15, 0.2) is 6.61 Å². The van der Waals surface area contributed by atoms with Gasteiger partial charge in [-0.15, -0.1) is 10.2 Å². The van der Waals surface area contributed by atoms with Crippen LogP contribution in [0, 0.1) is 20.8 Å². The van der Waals surface area contributed by atoms with Crippen LogP contribution in [0.4, 0.5) is 0 Å². The number of nitrogens with zero attached hydrogens (tertiary/aromatic N) is 2. The Labute approximate surface area is 129 Å². The molecule has 0 aliphatic heterocycles. The molecule has 0 radical (unpaired) electrons. The second-order valence-corrected chi connectivity index (χ2v) is 5.31. The van der Waals surface area contributed by atoms with Crippen LogP contribution in [0.15, 0.2) is 46.9 Å². The van der Waals surface area contributed by atoms with E-state index < -0.39 is 0 Å². The number of aryl methyl sites for hydroxylation is 2. The van der Waals surface area contributed by atoms with Crippen LogP contribution in [-0.2, 0) is 6.61 Å². The molecule has 0 unspecified atom stereocenters. The summed E-state index contributed by atoms with van der Waals surface area (Å²) < 4.78 is 11.5. The lowest BCUT2D eigenvalue weighted by Crippen LogP contribution is -2.00. The molecule has 4 nitrogen and oxygen atoms in total. The highest BCUT2D eigenvalue weighted by Crippen LogP contribution is 2.26. The van der Waals surface area contributed by atoms with Crippen LogP contribution in [0.2, 0.25) is 0 Å². The van der Waals surface area contributed by atoms with Crippen LogP contribution >= 0.6 is 0 Å². The fourth-order valence-electron chi connectivity index (χ4n) is 2.29. The van der Waals surface area contributed by atoms with Gasteiger partial charge in [0.05, 0.1) is 0 Å². The molecule has 0 spiro atoms. The van der Waals surface area contributed by atoms with Gasteiger partial charge in [0.2, 0.25) is 5.89 Å². The van der Waals surface area contributed by atoms with Crippen molar-refractivity contribution in [2.45, 2.75) is 27.4 Å². The summed E-state index contributed by atoms with van der Waals surface area (Å²) in [4.78, 5) is 0. The first-order valence-corrected chi connectivity index (χ1v) is 7.22. The summed E-state index contributed by atoms with van der Waals surface area (Å²) >= 11 is 0. The van der Waals surface area contributed by atoms with E-state index in [0.29, 0.717) is 11.8 Å². The minimum absolute atomic E-state index is 0.269. The largest absolute Gasteiger partial charge is 0.483 e. The van der Waals surface area contributed by atoms with E-state index in [-0.39, 0.29) is 6.61 Å². The highest BCUT2D eigenvalue weighted by atomic mass is 16.5. The van der Waals surface area contributed by atoms with Gasteiger partial charge in [-0.25, -0.2) is 0 Å². The number of benzene rings is 2. The van der Waals surface area contributed by atoms with Gasteiger partial charge in [-0.05, 0) is 49.6 Å². The third kappa shape index (κ3) is 2.86. The Bertz CT molecular complexity index is 779. The van der Waals surface area contributed by atoms with E-state index >= 15 is 0 Å². The Morgan fingerprint density at radius 3 is 2.41 bits per heavy atom. The lowest BCUT2D eigenvalue weighted by atomic mass is 10.1. The van der Waals surface area contributed by atoms with Crippen LogP contribution in [-0.4, -0.2) is 10.2 Å². The molecule has 0 saturated heterocycles. The molecule has 1 heterocycles. The maximum absolute atomic E-state index is 5.89. The van der Waals surface area contributed by atoms with Crippen molar-refractivity contribution in [3.63, 3.8) is 0 Å². The normalized spacial score (nSPS) is 10.7. The molecule has 0 aliphatic rings. The van der Waals surface area contributed by atoms with Gasteiger partial charge < -0.3 is 9.15 Å². The Hall–Kier alpha value is -2.62. The van der Waals surface area contributed by atoms with E-state index in [9.17, 15) is 0 Å². The van der Waals surface area contributed by atoms with Crippen molar-refractivity contribution in [2.24, 2.45) is 0 Å². The number of ether oxygens (including phenoxy) is 1. The number of hydrogen-bond donors (Lipinski definition) is 0. The first kappa shape index (κ1) is 14.3. The monoisotopic (exact) mass is 294 g/mol. The SMILES string of the molecule is Cc1ccc(C)c(OCc2nnc(-c3ccccc3)o2)c1C. The average molecular weight is 294 g/mol. The molecule has 112 valence electrons. The minimum atomic E-state index is 0.269. The molecule has 1 aromatic heterocycles. The molecule has 4 heteroatoms. The van der Waals surface area contributed by atoms with Gasteiger partial charge in [0.25, 0.3) is 5.89 Å². The molecule has 0 fully saturated rings. The molecule has 0 bridgehead atoms. The van der Waals surface area contributed by atoms with Crippen molar-refractivity contribution in [1.29, 1.82) is 0 Å². The quantitative estimate of drug-likeness (QED) is 0.722. The highest BCUT2D eigenvalue weighted by Gasteiger charge is 2.11. The van der Waals surface area contributed by atoms with Gasteiger partial charge in [-0.3, -0.25) is 0 Å². The smallest absolute Gasteiger partial charge is 0.254 e. The van der Waals surface area contributed by atoms with Gasteiger partial charge in [-0.1, -0.05) is 30.3 Å². The zero-order chi connectivity index (χ0) is 15.5. The topological polar surface area (TPSA) is 48.2 Å². The Kier molecular flexibility index (Phi) is 3.92. The van der Waals surface area contributed by atoms with Crippen LogP contribution in [0.25, 0.3) is 11.5 Å². The average Bonchev–Trinajstić information content (AvgIpc) is 3.01. The van der Waals surface area contributed by atoms with Gasteiger partial charge in [0, 0.05) is 5.56 Å². The van der Waals surface area contributed by atoms with Crippen molar-refractivity contribution in [3.05, 3.63) is 65.0 Å². The lowest BCUT2D eigenvalue weighted by molar-refractivity contribution is 0.261. The zero-order valence-corrected chi connectivity index (χ0v) is 13.0. The number of rotatable bonds is 4. The summed E-state index contributed by atoms with van der Waals surface area (Å²) in [5, 5.41) is 8.11. The van der Waals surface area contributed by atoms with Crippen molar-refractivity contribution in [3.8, 4) is 17.2 Å². The van der Waals surface area contributed by atoms with Gasteiger partial charge in [0.1, 0.15) is 5.75 Å². The van der Waals surface area contributed by atoms with Crippen LogP contribution in [0.1, 0.15) is 22.6 Å². The summed E-state index contributed by atoms with van der Waals surface area (Å²) in [6, 6.07) is 13.9. The van der Waals surface area contributed by atoms with Gasteiger partial charge in [-0.2, -0.15) is 0 Å². The zero-order valence-electron chi connectivity index (χ0n) is 13.0. The molecule has 0 aliphatic carbocycles. The predicted molar refractivity (Wildman–Crippen MR) is 84.7 cm³/mol. The molecule has 3 rings (SSSR count). The Morgan fingerprint density at radius 2 is 1.64 bits per heavy atom.